The molecule has 2 unspecified atom stereocenters. The number of fused-ring (bicyclic) bond motifs is 2. The zero-order valence-electron chi connectivity index (χ0n) is 22.0. The van der Waals surface area contributed by atoms with Gasteiger partial charge in [-0.2, -0.15) is 5.26 Å². The molecule has 3 aliphatic heterocycles. The summed E-state index contributed by atoms with van der Waals surface area (Å²) in [5, 5.41) is 15.8. The number of hydrogen-bond acceptors (Lipinski definition) is 7. The maximum Gasteiger partial charge on any atom is 0.215 e. The maximum atomic E-state index is 9.28. The summed E-state index contributed by atoms with van der Waals surface area (Å²) in [7, 11) is 2.18. The minimum absolute atomic E-state index is 0.173. The Bertz CT molecular complexity index is 1350. The number of anilines is 2. The van der Waals surface area contributed by atoms with Crippen LogP contribution in [0.1, 0.15) is 30.5 Å². The van der Waals surface area contributed by atoms with Gasteiger partial charge in [-0.1, -0.05) is 35.9 Å². The molecule has 8 heteroatoms. The topological polar surface area (TPSA) is 67.7 Å². The van der Waals surface area contributed by atoms with E-state index in [1.54, 1.807) is 0 Å². The van der Waals surface area contributed by atoms with Crippen molar-refractivity contribution >= 4 is 33.7 Å². The summed E-state index contributed by atoms with van der Waals surface area (Å²) in [5.74, 6) is 0.701. The first-order valence-electron chi connectivity index (χ1n) is 13.7. The van der Waals surface area contributed by atoms with Crippen LogP contribution in [0.15, 0.2) is 42.5 Å². The Labute approximate surface area is 229 Å². The highest BCUT2D eigenvalue weighted by atomic mass is 35.5. The minimum Gasteiger partial charge on any atom is -0.476 e. The van der Waals surface area contributed by atoms with Crippen LogP contribution in [0.25, 0.3) is 10.8 Å². The summed E-state index contributed by atoms with van der Waals surface area (Å²) in [4.78, 5) is 12.3. The lowest BCUT2D eigenvalue weighted by atomic mass is 9.99. The van der Waals surface area contributed by atoms with Crippen molar-refractivity contribution in [2.75, 3.05) is 56.2 Å². The van der Waals surface area contributed by atoms with E-state index in [1.165, 1.54) is 17.7 Å². The monoisotopic (exact) mass is 530 g/mol. The van der Waals surface area contributed by atoms with Crippen LogP contribution < -0.4 is 19.9 Å². The second-order valence-corrected chi connectivity index (χ2v) is 11.1. The number of likely N-dealkylation sites (tertiary alicyclic amines) is 1. The zero-order chi connectivity index (χ0) is 26.1. The van der Waals surface area contributed by atoms with Gasteiger partial charge in [0, 0.05) is 66.7 Å². The Morgan fingerprint density at radius 2 is 2.00 bits per heavy atom. The molecular weight excluding hydrogens is 496 g/mol. The highest BCUT2D eigenvalue weighted by Gasteiger charge is 2.29. The third kappa shape index (κ3) is 5.01. The molecule has 2 aromatic carbocycles. The number of benzene rings is 2. The van der Waals surface area contributed by atoms with Gasteiger partial charge in [0.25, 0.3) is 0 Å². The number of likely N-dealkylation sites (N-methyl/N-ethyl adjacent to an activating group) is 1. The fourth-order valence-corrected chi connectivity index (χ4v) is 6.54. The van der Waals surface area contributed by atoms with Crippen LogP contribution in [0, 0.1) is 11.3 Å². The van der Waals surface area contributed by atoms with E-state index in [4.69, 9.17) is 21.3 Å². The van der Waals surface area contributed by atoms with Gasteiger partial charge in [0.15, 0.2) is 0 Å². The average Bonchev–Trinajstić information content (AvgIpc) is 3.35. The molecule has 2 saturated heterocycles. The number of halogens is 1. The van der Waals surface area contributed by atoms with E-state index in [0.717, 1.165) is 72.7 Å². The molecule has 2 fully saturated rings. The molecule has 0 amide bonds. The standard InChI is InChI=1S/C30H35ClN6O/c1-35-14-4-7-23(35)20-38-29-17-28(37-16-13-33-22(18-37)10-12-32)24-11-15-36(19-26(24)34-29)27-9-3-6-21-5-2-8-25(31)30(21)27/h2-3,5-6,8-9,17,22-23,33H,4,7,10-11,13-16,18-20H2,1H3. The molecule has 0 saturated carbocycles. The predicted octanol–water partition coefficient (Wildman–Crippen LogP) is 4.62. The molecule has 0 spiro atoms. The van der Waals surface area contributed by atoms with Gasteiger partial charge >= 0.3 is 0 Å². The van der Waals surface area contributed by atoms with Crippen molar-refractivity contribution in [3.05, 3.63) is 58.7 Å². The second kappa shape index (κ2) is 11.0. The van der Waals surface area contributed by atoms with Crippen molar-refractivity contribution in [1.29, 1.82) is 5.26 Å². The first-order chi connectivity index (χ1) is 18.6. The van der Waals surface area contributed by atoms with E-state index in [2.05, 4.69) is 63.5 Å². The summed E-state index contributed by atoms with van der Waals surface area (Å²) in [5.41, 5.74) is 4.74. The molecule has 1 N–H and O–H groups in total. The molecular formula is C30H35ClN6O. The van der Waals surface area contributed by atoms with E-state index >= 15 is 0 Å². The lowest BCUT2D eigenvalue weighted by Gasteiger charge is -2.38. The zero-order valence-corrected chi connectivity index (χ0v) is 22.8. The van der Waals surface area contributed by atoms with E-state index < -0.39 is 0 Å². The van der Waals surface area contributed by atoms with Crippen molar-refractivity contribution in [3.63, 3.8) is 0 Å². The van der Waals surface area contributed by atoms with Gasteiger partial charge in [-0.15, -0.1) is 0 Å². The van der Waals surface area contributed by atoms with Crippen molar-refractivity contribution in [2.45, 2.75) is 44.3 Å². The van der Waals surface area contributed by atoms with Crippen molar-refractivity contribution in [3.8, 4) is 11.9 Å². The first-order valence-corrected chi connectivity index (χ1v) is 14.1. The Morgan fingerprint density at radius 3 is 2.82 bits per heavy atom. The van der Waals surface area contributed by atoms with Crippen LogP contribution in [0.5, 0.6) is 5.88 Å². The molecule has 4 heterocycles. The molecule has 3 aliphatic rings. The normalized spacial score (nSPS) is 21.9. The van der Waals surface area contributed by atoms with Gasteiger partial charge in [-0.25, -0.2) is 4.98 Å². The number of nitriles is 1. The maximum absolute atomic E-state index is 9.28. The lowest BCUT2D eigenvalue weighted by Crippen LogP contribution is -2.51. The Kier molecular flexibility index (Phi) is 7.29. The number of piperazine rings is 1. The van der Waals surface area contributed by atoms with Crippen LogP contribution in [0.3, 0.4) is 0 Å². The van der Waals surface area contributed by atoms with Gasteiger partial charge < -0.3 is 24.8 Å². The number of ether oxygens (including phenoxy) is 1. The Hall–Kier alpha value is -3.05. The van der Waals surface area contributed by atoms with Crippen LogP contribution in [0.2, 0.25) is 5.02 Å². The Balaban J connectivity index is 1.34. The third-order valence-corrected chi connectivity index (χ3v) is 8.65. The van der Waals surface area contributed by atoms with Gasteiger partial charge in [0.05, 0.1) is 29.8 Å². The quantitative estimate of drug-likeness (QED) is 0.499. The molecule has 38 heavy (non-hydrogen) atoms. The molecule has 2 atom stereocenters. The van der Waals surface area contributed by atoms with Crippen LogP contribution in [0.4, 0.5) is 11.4 Å². The van der Waals surface area contributed by atoms with Crippen molar-refractivity contribution < 1.29 is 4.74 Å². The molecule has 6 rings (SSSR count). The number of hydrogen-bond donors (Lipinski definition) is 1. The Morgan fingerprint density at radius 1 is 1.13 bits per heavy atom. The van der Waals surface area contributed by atoms with Crippen LogP contribution in [-0.2, 0) is 13.0 Å². The van der Waals surface area contributed by atoms with Gasteiger partial charge in [0.2, 0.25) is 5.88 Å². The summed E-state index contributed by atoms with van der Waals surface area (Å²) < 4.78 is 6.38. The van der Waals surface area contributed by atoms with Crippen LogP contribution >= 0.6 is 11.6 Å². The highest BCUT2D eigenvalue weighted by Crippen LogP contribution is 2.38. The number of rotatable bonds is 6. The molecule has 3 aromatic rings. The second-order valence-electron chi connectivity index (χ2n) is 10.7. The van der Waals surface area contributed by atoms with E-state index in [9.17, 15) is 5.26 Å². The van der Waals surface area contributed by atoms with Crippen LogP contribution in [-0.4, -0.2) is 68.3 Å². The fourth-order valence-electron chi connectivity index (χ4n) is 6.26. The van der Waals surface area contributed by atoms with E-state index in [1.807, 2.05) is 12.1 Å². The number of pyridine rings is 1. The molecule has 198 valence electrons. The van der Waals surface area contributed by atoms with Gasteiger partial charge in [-0.3, -0.25) is 0 Å². The molecule has 0 aliphatic carbocycles. The summed E-state index contributed by atoms with van der Waals surface area (Å²) in [6.07, 6.45) is 3.79. The summed E-state index contributed by atoms with van der Waals surface area (Å²) >= 11 is 6.69. The molecule has 7 nitrogen and oxygen atoms in total. The molecule has 0 bridgehead atoms. The fraction of sp³-hybridized carbons (Fsp3) is 0.467. The highest BCUT2D eigenvalue weighted by molar-refractivity contribution is 6.36. The number of nitrogens with zero attached hydrogens (tertiary/aromatic N) is 5. The number of aromatic nitrogens is 1. The van der Waals surface area contributed by atoms with E-state index in [-0.39, 0.29) is 6.04 Å². The van der Waals surface area contributed by atoms with E-state index in [0.29, 0.717) is 31.5 Å². The lowest BCUT2D eigenvalue weighted by molar-refractivity contribution is 0.193. The minimum atomic E-state index is 0.173. The first kappa shape index (κ1) is 25.2. The molecule has 0 radical (unpaired) electrons. The van der Waals surface area contributed by atoms with Crippen molar-refractivity contribution in [1.82, 2.24) is 15.2 Å². The third-order valence-electron chi connectivity index (χ3n) is 8.34. The van der Waals surface area contributed by atoms with Gasteiger partial charge in [-0.05, 0) is 50.4 Å². The smallest absolute Gasteiger partial charge is 0.215 e. The molecule has 1 aromatic heterocycles. The number of nitrogens with one attached hydrogen (secondary N) is 1. The summed E-state index contributed by atoms with van der Waals surface area (Å²) in [6, 6.07) is 17.6. The predicted molar refractivity (Wildman–Crippen MR) is 153 cm³/mol. The largest absolute Gasteiger partial charge is 0.476 e. The average molecular weight is 531 g/mol. The van der Waals surface area contributed by atoms with Crippen molar-refractivity contribution in [2.24, 2.45) is 0 Å². The van der Waals surface area contributed by atoms with Gasteiger partial charge in [0.1, 0.15) is 6.61 Å². The SMILES string of the molecule is CN1CCCC1COc1cc(N2CCNC(CC#N)C2)c2c(n1)CN(c1cccc3cccc(Cl)c13)CC2. The summed E-state index contributed by atoms with van der Waals surface area (Å²) in [6.45, 7) is 5.98.